The average Bonchev–Trinajstić information content (AvgIpc) is 2.48. The van der Waals surface area contributed by atoms with E-state index < -0.39 is 18.4 Å². The number of carboxylic acids is 1. The number of thioether (sulfide) groups is 1. The number of hydrogen-bond donors (Lipinski definition) is 2. The van der Waals surface area contributed by atoms with E-state index in [4.69, 9.17) is 5.11 Å². The van der Waals surface area contributed by atoms with E-state index in [1.54, 1.807) is 0 Å². The predicted molar refractivity (Wildman–Crippen MR) is 79.2 cm³/mol. The molecule has 0 radical (unpaired) electrons. The highest BCUT2D eigenvalue weighted by atomic mass is 32.2. The Kier molecular flexibility index (Phi) is 4.99. The molecule has 6 nitrogen and oxygen atoms in total. The van der Waals surface area contributed by atoms with Crippen LogP contribution < -0.4 is 5.32 Å². The number of aliphatic carboxylic acids is 1. The number of benzene rings is 1. The summed E-state index contributed by atoms with van der Waals surface area (Å²) in [5.41, 5.74) is 1.49. The third kappa shape index (κ3) is 4.09. The van der Waals surface area contributed by atoms with Crippen LogP contribution in [0.15, 0.2) is 35.7 Å². The summed E-state index contributed by atoms with van der Waals surface area (Å²) in [5, 5.41) is 12.6. The maximum atomic E-state index is 12.0. The second-order valence-electron chi connectivity index (χ2n) is 4.33. The van der Waals surface area contributed by atoms with Crippen molar-refractivity contribution < 1.29 is 19.5 Å². The van der Waals surface area contributed by atoms with Gasteiger partial charge >= 0.3 is 5.97 Å². The molecule has 0 bridgehead atoms. The second kappa shape index (κ2) is 6.94. The molecule has 7 heteroatoms. The molecule has 1 aromatic carbocycles. The zero-order valence-corrected chi connectivity index (χ0v) is 11.9. The number of amides is 2. The number of nitrogens with zero attached hydrogens (tertiary/aromatic N) is 1. The quantitative estimate of drug-likeness (QED) is 0.839. The maximum absolute atomic E-state index is 12.0. The molecule has 0 unspecified atom stereocenters. The highest BCUT2D eigenvalue weighted by Crippen LogP contribution is 2.27. The molecule has 0 saturated carbocycles. The molecule has 0 spiro atoms. The zero-order valence-electron chi connectivity index (χ0n) is 11.1. The number of carbonyl (C=O) groups is 3. The van der Waals surface area contributed by atoms with Gasteiger partial charge in [-0.15, -0.1) is 11.8 Å². The number of carbonyl (C=O) groups excluding carboxylic acids is 2. The smallest absolute Gasteiger partial charge is 0.322 e. The lowest BCUT2D eigenvalue weighted by Gasteiger charge is -2.28. The number of rotatable bonds is 5. The topological polar surface area (TPSA) is 86.7 Å². The molecule has 1 aromatic rings. The van der Waals surface area contributed by atoms with Crippen molar-refractivity contribution in [1.29, 1.82) is 0 Å². The van der Waals surface area contributed by atoms with Crippen LogP contribution in [-0.2, 0) is 14.4 Å². The standard InChI is InChI=1S/C14H14N2O4S/c17-12(15-6-14(19)20)7-16-11(8-21-9-13(16)18)10-4-2-1-3-5-10/h1-5,8H,6-7,9H2,(H,15,17)(H,19,20). The van der Waals surface area contributed by atoms with Crippen LogP contribution in [0.3, 0.4) is 0 Å². The molecule has 0 saturated heterocycles. The van der Waals surface area contributed by atoms with Crippen molar-refractivity contribution in [3.63, 3.8) is 0 Å². The first-order chi connectivity index (χ1) is 10.1. The van der Waals surface area contributed by atoms with E-state index in [1.165, 1.54) is 16.7 Å². The van der Waals surface area contributed by atoms with Gasteiger partial charge in [0.25, 0.3) is 0 Å². The minimum absolute atomic E-state index is 0.174. The third-order valence-corrected chi connectivity index (χ3v) is 3.61. The Labute approximate surface area is 125 Å². The SMILES string of the molecule is O=C(O)CNC(=O)CN1C(=O)CSC=C1c1ccccc1. The van der Waals surface area contributed by atoms with Gasteiger partial charge in [0, 0.05) is 0 Å². The fourth-order valence-corrected chi connectivity index (χ4v) is 2.65. The Balaban J connectivity index is 2.12. The van der Waals surface area contributed by atoms with Gasteiger partial charge in [-0.1, -0.05) is 30.3 Å². The van der Waals surface area contributed by atoms with Crippen molar-refractivity contribution in [1.82, 2.24) is 10.2 Å². The van der Waals surface area contributed by atoms with Crippen LogP contribution in [-0.4, -0.2) is 46.6 Å². The van der Waals surface area contributed by atoms with E-state index in [-0.39, 0.29) is 18.2 Å². The van der Waals surface area contributed by atoms with Crippen LogP contribution in [0.4, 0.5) is 0 Å². The molecule has 2 amide bonds. The molecule has 1 heterocycles. The van der Waals surface area contributed by atoms with Gasteiger partial charge in [0.2, 0.25) is 11.8 Å². The summed E-state index contributed by atoms with van der Waals surface area (Å²) in [6, 6.07) is 9.28. The van der Waals surface area contributed by atoms with Gasteiger partial charge in [-0.3, -0.25) is 14.4 Å². The normalized spacial score (nSPS) is 14.6. The van der Waals surface area contributed by atoms with E-state index in [2.05, 4.69) is 5.32 Å². The van der Waals surface area contributed by atoms with Crippen LogP contribution in [0.2, 0.25) is 0 Å². The van der Waals surface area contributed by atoms with E-state index in [0.717, 1.165) is 5.56 Å². The fourth-order valence-electron chi connectivity index (χ4n) is 1.85. The average molecular weight is 306 g/mol. The summed E-state index contributed by atoms with van der Waals surface area (Å²) in [6.45, 7) is -0.645. The van der Waals surface area contributed by atoms with Gasteiger partial charge in [0.05, 0.1) is 11.4 Å². The van der Waals surface area contributed by atoms with Crippen molar-refractivity contribution in [2.45, 2.75) is 0 Å². The van der Waals surface area contributed by atoms with Crippen LogP contribution in [0.1, 0.15) is 5.56 Å². The van der Waals surface area contributed by atoms with Crippen molar-refractivity contribution >= 4 is 35.2 Å². The van der Waals surface area contributed by atoms with Gasteiger partial charge < -0.3 is 15.3 Å². The van der Waals surface area contributed by atoms with Crippen LogP contribution >= 0.6 is 11.8 Å². The molecule has 110 valence electrons. The van der Waals surface area contributed by atoms with Crippen molar-refractivity contribution in [3.05, 3.63) is 41.3 Å². The summed E-state index contributed by atoms with van der Waals surface area (Å²) in [5.74, 6) is -1.53. The molecule has 0 atom stereocenters. The number of hydrogen-bond acceptors (Lipinski definition) is 4. The highest BCUT2D eigenvalue weighted by molar-refractivity contribution is 8.03. The van der Waals surface area contributed by atoms with E-state index in [9.17, 15) is 14.4 Å². The van der Waals surface area contributed by atoms with Crippen LogP contribution in [0.25, 0.3) is 5.70 Å². The predicted octanol–water partition coefficient (Wildman–Crippen LogP) is 0.761. The first-order valence-electron chi connectivity index (χ1n) is 6.24. The molecular formula is C14H14N2O4S. The molecular weight excluding hydrogens is 292 g/mol. The largest absolute Gasteiger partial charge is 0.480 e. The Hall–Kier alpha value is -2.28. The highest BCUT2D eigenvalue weighted by Gasteiger charge is 2.25. The van der Waals surface area contributed by atoms with E-state index >= 15 is 0 Å². The van der Waals surface area contributed by atoms with Gasteiger partial charge in [0.15, 0.2) is 0 Å². The minimum Gasteiger partial charge on any atom is -0.480 e. The van der Waals surface area contributed by atoms with Gasteiger partial charge in [0.1, 0.15) is 13.1 Å². The first kappa shape index (κ1) is 15.1. The molecule has 1 aliphatic rings. The Morgan fingerprint density at radius 2 is 2.00 bits per heavy atom. The molecule has 2 rings (SSSR count). The first-order valence-corrected chi connectivity index (χ1v) is 7.29. The minimum atomic E-state index is -1.12. The van der Waals surface area contributed by atoms with E-state index in [0.29, 0.717) is 5.70 Å². The Bertz CT molecular complexity index is 586. The number of nitrogens with one attached hydrogen (secondary N) is 1. The van der Waals surface area contributed by atoms with Gasteiger partial charge in [-0.2, -0.15) is 0 Å². The molecule has 2 N–H and O–H groups in total. The summed E-state index contributed by atoms with van der Waals surface area (Å²) in [4.78, 5) is 35.6. The van der Waals surface area contributed by atoms with Gasteiger partial charge in [-0.25, -0.2) is 0 Å². The van der Waals surface area contributed by atoms with Gasteiger partial charge in [-0.05, 0) is 11.0 Å². The zero-order chi connectivity index (χ0) is 15.2. The lowest BCUT2D eigenvalue weighted by Crippen LogP contribution is -2.42. The molecule has 21 heavy (non-hydrogen) atoms. The van der Waals surface area contributed by atoms with Crippen LogP contribution in [0.5, 0.6) is 0 Å². The Morgan fingerprint density at radius 3 is 2.67 bits per heavy atom. The fraction of sp³-hybridized carbons (Fsp3) is 0.214. The molecule has 0 fully saturated rings. The van der Waals surface area contributed by atoms with Crippen LogP contribution in [0, 0.1) is 0 Å². The lowest BCUT2D eigenvalue weighted by atomic mass is 10.1. The van der Waals surface area contributed by atoms with Crippen molar-refractivity contribution in [2.24, 2.45) is 0 Å². The summed E-state index contributed by atoms with van der Waals surface area (Å²) < 4.78 is 0. The summed E-state index contributed by atoms with van der Waals surface area (Å²) in [6.07, 6.45) is 0. The third-order valence-electron chi connectivity index (χ3n) is 2.80. The second-order valence-corrected chi connectivity index (χ2v) is 5.19. The molecule has 0 aromatic heterocycles. The maximum Gasteiger partial charge on any atom is 0.322 e. The molecule has 0 aliphatic carbocycles. The Morgan fingerprint density at radius 1 is 1.29 bits per heavy atom. The summed E-state index contributed by atoms with van der Waals surface area (Å²) >= 11 is 1.38. The lowest BCUT2D eigenvalue weighted by molar-refractivity contribution is -0.138. The summed E-state index contributed by atoms with van der Waals surface area (Å²) in [7, 11) is 0. The van der Waals surface area contributed by atoms with Crippen molar-refractivity contribution in [3.8, 4) is 0 Å². The monoisotopic (exact) mass is 306 g/mol. The van der Waals surface area contributed by atoms with E-state index in [1.807, 2.05) is 35.7 Å². The number of carboxylic acid groups (broad SMARTS) is 1. The van der Waals surface area contributed by atoms with Crippen molar-refractivity contribution in [2.75, 3.05) is 18.8 Å². The molecule has 1 aliphatic heterocycles.